The quantitative estimate of drug-likeness (QED) is 0.928. The van der Waals surface area contributed by atoms with Gasteiger partial charge in [0.25, 0.3) is 0 Å². The molecule has 1 fully saturated rings. The highest BCUT2D eigenvalue weighted by Gasteiger charge is 2.19. The fourth-order valence-corrected chi connectivity index (χ4v) is 2.67. The van der Waals surface area contributed by atoms with Crippen LogP contribution in [0.1, 0.15) is 24.8 Å². The summed E-state index contributed by atoms with van der Waals surface area (Å²) in [6.45, 7) is 0.848. The van der Waals surface area contributed by atoms with Crippen molar-refractivity contribution in [3.05, 3.63) is 34.1 Å². The van der Waals surface area contributed by atoms with E-state index in [4.69, 9.17) is 10.5 Å². The molecule has 1 aromatic carbocycles. The van der Waals surface area contributed by atoms with E-state index in [1.165, 1.54) is 6.07 Å². The Kier molecular flexibility index (Phi) is 4.54. The Balaban J connectivity index is 1.93. The molecule has 0 bridgehead atoms. The van der Waals surface area contributed by atoms with Crippen LogP contribution in [0.2, 0.25) is 0 Å². The normalized spacial score (nSPS) is 21.7. The third kappa shape index (κ3) is 3.50. The lowest BCUT2D eigenvalue weighted by Crippen LogP contribution is -2.28. The predicted molar refractivity (Wildman–Crippen MR) is 69.4 cm³/mol. The van der Waals surface area contributed by atoms with Gasteiger partial charge in [-0.3, -0.25) is 0 Å². The molecule has 0 radical (unpaired) electrons. The molecule has 2 rings (SSSR count). The molecule has 94 valence electrons. The molecule has 1 aromatic rings. The summed E-state index contributed by atoms with van der Waals surface area (Å²) in [4.78, 5) is 0. The summed E-state index contributed by atoms with van der Waals surface area (Å²) < 4.78 is 19.4. The van der Waals surface area contributed by atoms with Gasteiger partial charge in [-0.2, -0.15) is 0 Å². The van der Waals surface area contributed by atoms with Crippen LogP contribution in [0.5, 0.6) is 0 Å². The highest BCUT2D eigenvalue weighted by molar-refractivity contribution is 9.10. The van der Waals surface area contributed by atoms with Gasteiger partial charge >= 0.3 is 0 Å². The van der Waals surface area contributed by atoms with Gasteiger partial charge in [0.2, 0.25) is 0 Å². The van der Waals surface area contributed by atoms with Crippen molar-refractivity contribution < 1.29 is 9.13 Å². The van der Waals surface area contributed by atoms with Crippen LogP contribution in [0, 0.1) is 5.82 Å². The third-order valence-electron chi connectivity index (χ3n) is 3.10. The van der Waals surface area contributed by atoms with E-state index in [0.717, 1.165) is 31.4 Å². The second-order valence-corrected chi connectivity index (χ2v) is 5.34. The largest absolute Gasteiger partial charge is 0.378 e. The standard InChI is InChI=1S/C13H17BrFNO/c14-13-9(3-1-5-12(13)15)7-10(16)8-11-4-2-6-17-11/h1,3,5,10-11H,2,4,6-8,16H2. The Morgan fingerprint density at radius 2 is 2.35 bits per heavy atom. The lowest BCUT2D eigenvalue weighted by atomic mass is 10.00. The minimum absolute atomic E-state index is 0.0243. The Hall–Kier alpha value is -0.450. The lowest BCUT2D eigenvalue weighted by Gasteiger charge is -2.17. The van der Waals surface area contributed by atoms with Gasteiger partial charge in [-0.15, -0.1) is 0 Å². The van der Waals surface area contributed by atoms with Crippen molar-refractivity contribution in [1.82, 2.24) is 0 Å². The van der Waals surface area contributed by atoms with Crippen LogP contribution in [0.4, 0.5) is 4.39 Å². The molecule has 0 spiro atoms. The summed E-state index contributed by atoms with van der Waals surface area (Å²) in [6.07, 6.45) is 4.04. The molecule has 1 heterocycles. The second kappa shape index (κ2) is 5.94. The van der Waals surface area contributed by atoms with Crippen molar-refractivity contribution >= 4 is 15.9 Å². The first-order valence-electron chi connectivity index (χ1n) is 5.97. The van der Waals surface area contributed by atoms with E-state index >= 15 is 0 Å². The summed E-state index contributed by atoms with van der Waals surface area (Å²) in [5, 5.41) is 0. The second-order valence-electron chi connectivity index (χ2n) is 4.55. The van der Waals surface area contributed by atoms with E-state index in [-0.39, 0.29) is 18.0 Å². The van der Waals surface area contributed by atoms with Crippen LogP contribution in [0.3, 0.4) is 0 Å². The van der Waals surface area contributed by atoms with Gasteiger partial charge in [0.05, 0.1) is 10.6 Å². The van der Waals surface area contributed by atoms with E-state index in [9.17, 15) is 4.39 Å². The van der Waals surface area contributed by atoms with Crippen molar-refractivity contribution in [2.75, 3.05) is 6.61 Å². The summed E-state index contributed by atoms with van der Waals surface area (Å²) in [5.74, 6) is -0.230. The van der Waals surface area contributed by atoms with Crippen LogP contribution in [0.25, 0.3) is 0 Å². The monoisotopic (exact) mass is 301 g/mol. The number of ether oxygens (including phenoxy) is 1. The molecule has 0 aliphatic carbocycles. The fourth-order valence-electron chi connectivity index (χ4n) is 2.24. The van der Waals surface area contributed by atoms with Crippen molar-refractivity contribution in [3.8, 4) is 0 Å². The molecule has 2 unspecified atom stereocenters. The lowest BCUT2D eigenvalue weighted by molar-refractivity contribution is 0.0983. The maximum absolute atomic E-state index is 13.3. The van der Waals surface area contributed by atoms with Crippen molar-refractivity contribution in [1.29, 1.82) is 0 Å². The van der Waals surface area contributed by atoms with Crippen LogP contribution in [-0.2, 0) is 11.2 Å². The number of benzene rings is 1. The molecule has 2 nitrogen and oxygen atoms in total. The van der Waals surface area contributed by atoms with Crippen molar-refractivity contribution in [2.24, 2.45) is 5.73 Å². The van der Waals surface area contributed by atoms with Crippen molar-refractivity contribution in [3.63, 3.8) is 0 Å². The van der Waals surface area contributed by atoms with Crippen LogP contribution in [-0.4, -0.2) is 18.8 Å². The maximum atomic E-state index is 13.3. The zero-order valence-corrected chi connectivity index (χ0v) is 11.2. The summed E-state index contributed by atoms with van der Waals surface area (Å²) >= 11 is 3.26. The number of hydrogen-bond acceptors (Lipinski definition) is 2. The molecular formula is C13H17BrFNO. The molecule has 1 saturated heterocycles. The number of halogens is 2. The fraction of sp³-hybridized carbons (Fsp3) is 0.538. The number of rotatable bonds is 4. The van der Waals surface area contributed by atoms with Gasteiger partial charge in [0.1, 0.15) is 5.82 Å². The topological polar surface area (TPSA) is 35.2 Å². The molecule has 2 N–H and O–H groups in total. The zero-order chi connectivity index (χ0) is 12.3. The molecule has 4 heteroatoms. The number of nitrogens with two attached hydrogens (primary N) is 1. The van der Waals surface area contributed by atoms with Gasteiger partial charge in [0.15, 0.2) is 0 Å². The highest BCUT2D eigenvalue weighted by Crippen LogP contribution is 2.23. The first-order valence-corrected chi connectivity index (χ1v) is 6.76. The van der Waals surface area contributed by atoms with Gasteiger partial charge in [-0.1, -0.05) is 12.1 Å². The van der Waals surface area contributed by atoms with E-state index in [1.807, 2.05) is 6.07 Å². The average molecular weight is 302 g/mol. The predicted octanol–water partition coefficient (Wildman–Crippen LogP) is 3.03. The summed E-state index contributed by atoms with van der Waals surface area (Å²) in [5.41, 5.74) is 7.01. The maximum Gasteiger partial charge on any atom is 0.137 e. The molecule has 17 heavy (non-hydrogen) atoms. The van der Waals surface area contributed by atoms with E-state index in [0.29, 0.717) is 10.9 Å². The molecule has 0 saturated carbocycles. The Morgan fingerprint density at radius 1 is 1.53 bits per heavy atom. The molecule has 2 atom stereocenters. The molecule has 1 aliphatic heterocycles. The van der Waals surface area contributed by atoms with E-state index < -0.39 is 0 Å². The van der Waals surface area contributed by atoms with Gasteiger partial charge < -0.3 is 10.5 Å². The highest BCUT2D eigenvalue weighted by atomic mass is 79.9. The SMILES string of the molecule is NC(Cc1cccc(F)c1Br)CC1CCCO1. The van der Waals surface area contributed by atoms with Gasteiger partial charge in [-0.25, -0.2) is 4.39 Å². The Labute approximate surface area is 109 Å². The van der Waals surface area contributed by atoms with E-state index in [1.54, 1.807) is 6.07 Å². The average Bonchev–Trinajstić information content (AvgIpc) is 2.77. The van der Waals surface area contributed by atoms with Crippen LogP contribution >= 0.6 is 15.9 Å². The van der Waals surface area contributed by atoms with Gasteiger partial charge in [0, 0.05) is 12.6 Å². The first-order chi connectivity index (χ1) is 8.16. The zero-order valence-electron chi connectivity index (χ0n) is 9.66. The van der Waals surface area contributed by atoms with Crippen molar-refractivity contribution in [2.45, 2.75) is 37.8 Å². The van der Waals surface area contributed by atoms with E-state index in [2.05, 4.69) is 15.9 Å². The first kappa shape index (κ1) is 13.0. The smallest absolute Gasteiger partial charge is 0.137 e. The number of hydrogen-bond donors (Lipinski definition) is 1. The summed E-state index contributed by atoms with van der Waals surface area (Å²) in [6, 6.07) is 5.09. The van der Waals surface area contributed by atoms with Crippen LogP contribution < -0.4 is 5.73 Å². The summed E-state index contributed by atoms with van der Waals surface area (Å²) in [7, 11) is 0. The molecule has 0 aromatic heterocycles. The Bertz CT molecular complexity index is 380. The third-order valence-corrected chi connectivity index (χ3v) is 3.99. The Morgan fingerprint density at radius 3 is 3.06 bits per heavy atom. The molecule has 1 aliphatic rings. The van der Waals surface area contributed by atoms with Crippen LogP contribution in [0.15, 0.2) is 22.7 Å². The molecular weight excluding hydrogens is 285 g/mol. The van der Waals surface area contributed by atoms with Gasteiger partial charge in [-0.05, 0) is 53.2 Å². The molecule has 0 amide bonds. The minimum Gasteiger partial charge on any atom is -0.378 e. The minimum atomic E-state index is -0.230.